The van der Waals surface area contributed by atoms with E-state index < -0.39 is 0 Å². The maximum absolute atomic E-state index is 9.98. The molecular formula is C21H21N5O2. The van der Waals surface area contributed by atoms with E-state index in [0.717, 1.165) is 48.5 Å². The Bertz CT molecular complexity index is 1130. The zero-order valence-corrected chi connectivity index (χ0v) is 15.6. The third-order valence-electron chi connectivity index (χ3n) is 5.24. The molecule has 1 aliphatic heterocycles. The summed E-state index contributed by atoms with van der Waals surface area (Å²) in [6.45, 7) is 4.17. The number of pyridine rings is 2. The predicted octanol–water partition coefficient (Wildman–Crippen LogP) is 3.58. The van der Waals surface area contributed by atoms with Gasteiger partial charge in [-0.05, 0) is 31.3 Å². The van der Waals surface area contributed by atoms with Crippen LogP contribution in [0.4, 0.5) is 17.3 Å². The van der Waals surface area contributed by atoms with Crippen molar-refractivity contribution in [2.24, 2.45) is 0 Å². The molecule has 1 aliphatic rings. The lowest BCUT2D eigenvalue weighted by molar-refractivity contribution is 0.313. The summed E-state index contributed by atoms with van der Waals surface area (Å²) >= 11 is 0. The van der Waals surface area contributed by atoms with Crippen molar-refractivity contribution < 1.29 is 9.52 Å². The lowest BCUT2D eigenvalue weighted by Gasteiger charge is -2.33. The maximum atomic E-state index is 9.98. The van der Waals surface area contributed by atoms with E-state index in [9.17, 15) is 5.11 Å². The molecule has 5 rings (SSSR count). The summed E-state index contributed by atoms with van der Waals surface area (Å²) in [4.78, 5) is 13.6. The Morgan fingerprint density at radius 1 is 0.964 bits per heavy atom. The van der Waals surface area contributed by atoms with Crippen LogP contribution in [-0.2, 0) is 0 Å². The summed E-state index contributed by atoms with van der Waals surface area (Å²) in [5, 5.41) is 15.0. The minimum Gasteiger partial charge on any atom is -0.504 e. The molecule has 1 saturated heterocycles. The van der Waals surface area contributed by atoms with Crippen molar-refractivity contribution >= 4 is 39.3 Å². The van der Waals surface area contributed by atoms with Gasteiger partial charge in [-0.2, -0.15) is 0 Å². The first-order valence-corrected chi connectivity index (χ1v) is 9.34. The van der Waals surface area contributed by atoms with E-state index in [1.807, 2.05) is 24.4 Å². The highest BCUT2D eigenvalue weighted by Gasteiger charge is 2.15. The van der Waals surface area contributed by atoms with E-state index >= 15 is 0 Å². The van der Waals surface area contributed by atoms with E-state index in [1.165, 1.54) is 0 Å². The molecule has 4 heterocycles. The van der Waals surface area contributed by atoms with E-state index in [1.54, 1.807) is 18.3 Å². The Balaban J connectivity index is 1.39. The van der Waals surface area contributed by atoms with Gasteiger partial charge < -0.3 is 24.6 Å². The number of phenolic OH excluding ortho intramolecular Hbond substituents is 1. The van der Waals surface area contributed by atoms with Crippen LogP contribution in [0.1, 0.15) is 0 Å². The highest BCUT2D eigenvalue weighted by molar-refractivity contribution is 6.07. The van der Waals surface area contributed by atoms with Crippen LogP contribution >= 0.6 is 0 Å². The van der Waals surface area contributed by atoms with Crippen LogP contribution in [0.5, 0.6) is 5.75 Å². The summed E-state index contributed by atoms with van der Waals surface area (Å²) in [7, 11) is 2.15. The van der Waals surface area contributed by atoms with E-state index in [4.69, 9.17) is 4.42 Å². The lowest BCUT2D eigenvalue weighted by Crippen LogP contribution is -2.44. The minimum atomic E-state index is 0.129. The zero-order valence-electron chi connectivity index (χ0n) is 15.6. The van der Waals surface area contributed by atoms with Crippen LogP contribution < -0.4 is 10.2 Å². The highest BCUT2D eigenvalue weighted by Crippen LogP contribution is 2.34. The number of likely N-dealkylation sites (N-methyl/N-ethyl adjacent to an activating group) is 1. The van der Waals surface area contributed by atoms with Gasteiger partial charge in [0.2, 0.25) is 0 Å². The molecule has 1 aromatic carbocycles. The van der Waals surface area contributed by atoms with Crippen LogP contribution in [0.25, 0.3) is 21.9 Å². The van der Waals surface area contributed by atoms with Crippen LogP contribution in [-0.4, -0.2) is 53.2 Å². The number of phenols is 1. The number of hydrogen-bond donors (Lipinski definition) is 2. The molecule has 7 heteroatoms. The molecule has 7 nitrogen and oxygen atoms in total. The quantitative estimate of drug-likeness (QED) is 0.567. The highest BCUT2D eigenvalue weighted by atomic mass is 16.4. The normalized spacial score (nSPS) is 15.4. The predicted molar refractivity (Wildman–Crippen MR) is 110 cm³/mol. The summed E-state index contributed by atoms with van der Waals surface area (Å²) in [5.74, 6) is 1.54. The summed E-state index contributed by atoms with van der Waals surface area (Å²) in [5.41, 5.74) is 2.25. The van der Waals surface area contributed by atoms with Gasteiger partial charge in [0.05, 0.1) is 18.1 Å². The zero-order chi connectivity index (χ0) is 19.1. The number of benzene rings is 1. The fourth-order valence-electron chi connectivity index (χ4n) is 3.60. The number of anilines is 3. The average Bonchev–Trinajstić information content (AvgIpc) is 3.09. The minimum absolute atomic E-state index is 0.129. The second kappa shape index (κ2) is 6.69. The van der Waals surface area contributed by atoms with Crippen molar-refractivity contribution in [1.82, 2.24) is 14.9 Å². The molecule has 0 bridgehead atoms. The molecule has 2 N–H and O–H groups in total. The lowest BCUT2D eigenvalue weighted by atomic mass is 10.2. The molecule has 0 spiro atoms. The number of nitrogens with one attached hydrogen (secondary N) is 1. The van der Waals surface area contributed by atoms with Gasteiger partial charge in [-0.15, -0.1) is 0 Å². The number of aromatic nitrogens is 2. The molecule has 3 aromatic heterocycles. The molecule has 0 aliphatic carbocycles. The van der Waals surface area contributed by atoms with E-state index in [-0.39, 0.29) is 5.75 Å². The first-order chi connectivity index (χ1) is 13.7. The fourth-order valence-corrected chi connectivity index (χ4v) is 3.60. The summed E-state index contributed by atoms with van der Waals surface area (Å²) in [6.07, 6.45) is 3.56. The number of rotatable bonds is 3. The molecule has 0 unspecified atom stereocenters. The maximum Gasteiger partial charge on any atom is 0.177 e. The van der Waals surface area contributed by atoms with Crippen molar-refractivity contribution in [2.75, 3.05) is 43.4 Å². The number of hydrogen-bond acceptors (Lipinski definition) is 7. The number of aromatic hydroxyl groups is 1. The van der Waals surface area contributed by atoms with Gasteiger partial charge in [0.25, 0.3) is 0 Å². The molecule has 1 fully saturated rings. The number of furan rings is 1. The number of para-hydroxylation sites is 1. The third-order valence-corrected chi connectivity index (χ3v) is 5.24. The first kappa shape index (κ1) is 16.8. The molecule has 0 atom stereocenters. The van der Waals surface area contributed by atoms with Crippen LogP contribution in [0, 0.1) is 0 Å². The van der Waals surface area contributed by atoms with Gasteiger partial charge in [-0.1, -0.05) is 12.1 Å². The van der Waals surface area contributed by atoms with Crippen LogP contribution in [0.2, 0.25) is 0 Å². The number of fused-ring (bicyclic) bond motifs is 3. The van der Waals surface area contributed by atoms with Crippen molar-refractivity contribution in [3.63, 3.8) is 0 Å². The van der Waals surface area contributed by atoms with Gasteiger partial charge in [0.15, 0.2) is 16.9 Å². The topological polar surface area (TPSA) is 77.7 Å². The van der Waals surface area contributed by atoms with Gasteiger partial charge in [-0.25, -0.2) is 9.97 Å². The third kappa shape index (κ3) is 2.99. The van der Waals surface area contributed by atoms with Gasteiger partial charge in [0, 0.05) is 37.0 Å². The van der Waals surface area contributed by atoms with Crippen molar-refractivity contribution in [3.8, 4) is 5.75 Å². The van der Waals surface area contributed by atoms with E-state index in [0.29, 0.717) is 17.0 Å². The average molecular weight is 375 g/mol. The molecule has 0 radical (unpaired) electrons. The summed E-state index contributed by atoms with van der Waals surface area (Å²) in [6, 6.07) is 11.3. The summed E-state index contributed by atoms with van der Waals surface area (Å²) < 4.78 is 5.71. The molecule has 0 amide bonds. The SMILES string of the molecule is CN1CCN(c2ccc(Nc3cc4c(cn3)oc3c(O)cccc34)nc2)CC1. The van der Waals surface area contributed by atoms with Gasteiger partial charge in [0.1, 0.15) is 11.6 Å². The first-order valence-electron chi connectivity index (χ1n) is 9.34. The Morgan fingerprint density at radius 3 is 2.57 bits per heavy atom. The Morgan fingerprint density at radius 2 is 1.79 bits per heavy atom. The molecule has 0 saturated carbocycles. The van der Waals surface area contributed by atoms with Gasteiger partial charge >= 0.3 is 0 Å². The second-order valence-corrected chi connectivity index (χ2v) is 7.14. The fraction of sp³-hybridized carbons (Fsp3) is 0.238. The monoisotopic (exact) mass is 375 g/mol. The smallest absolute Gasteiger partial charge is 0.177 e. The molecule has 4 aromatic rings. The molecule has 142 valence electrons. The molecule has 28 heavy (non-hydrogen) atoms. The van der Waals surface area contributed by atoms with Crippen molar-refractivity contribution in [2.45, 2.75) is 0 Å². The van der Waals surface area contributed by atoms with Crippen LogP contribution in [0.3, 0.4) is 0 Å². The Labute approximate surface area is 162 Å². The Kier molecular flexibility index (Phi) is 4.02. The largest absolute Gasteiger partial charge is 0.504 e. The number of nitrogens with zero attached hydrogens (tertiary/aromatic N) is 4. The standard InChI is InChI=1S/C21H21N5O2/c1-25-7-9-26(10-8-25)14-5-6-19(22-12-14)24-20-11-16-15-3-2-4-17(27)21(15)28-18(16)13-23-20/h2-6,11-13,27H,7-10H2,1H3,(H,22,23,24). The van der Waals surface area contributed by atoms with E-state index in [2.05, 4.69) is 38.2 Å². The van der Waals surface area contributed by atoms with Crippen molar-refractivity contribution in [1.29, 1.82) is 0 Å². The van der Waals surface area contributed by atoms with Gasteiger partial charge in [-0.3, -0.25) is 0 Å². The second-order valence-electron chi connectivity index (χ2n) is 7.14. The molecular weight excluding hydrogens is 354 g/mol. The Hall–Kier alpha value is -3.32. The number of piperazine rings is 1. The van der Waals surface area contributed by atoms with Crippen LogP contribution in [0.15, 0.2) is 53.2 Å². The van der Waals surface area contributed by atoms with Crippen molar-refractivity contribution in [3.05, 3.63) is 48.8 Å².